The molecule has 2 heterocycles. The number of anilines is 2. The van der Waals surface area contributed by atoms with Crippen LogP contribution in [-0.4, -0.2) is 24.7 Å². The third-order valence-corrected chi connectivity index (χ3v) is 4.43. The molecule has 0 aliphatic heterocycles. The van der Waals surface area contributed by atoms with E-state index in [1.807, 2.05) is 11.6 Å². The smallest absolute Gasteiger partial charge is 0.330 e. The van der Waals surface area contributed by atoms with Gasteiger partial charge in [0.05, 0.1) is 16.6 Å². The zero-order valence-electron chi connectivity index (χ0n) is 13.3. The first-order chi connectivity index (χ1) is 11.8. The highest BCUT2D eigenvalue weighted by molar-refractivity contribution is 7.86. The van der Waals surface area contributed by atoms with E-state index in [0.29, 0.717) is 16.6 Å². The molecule has 3 aromatic rings. The van der Waals surface area contributed by atoms with Gasteiger partial charge in [0.25, 0.3) is 0 Å². The van der Waals surface area contributed by atoms with Crippen molar-refractivity contribution in [3.8, 4) is 11.3 Å². The van der Waals surface area contributed by atoms with Gasteiger partial charge < -0.3 is 5.73 Å². The normalized spacial score (nSPS) is 12.7. The number of aryl methyl sites for hydroxylation is 2. The first-order valence-electron chi connectivity index (χ1n) is 7.12. The van der Waals surface area contributed by atoms with Gasteiger partial charge in [0.15, 0.2) is 11.0 Å². The summed E-state index contributed by atoms with van der Waals surface area (Å²) in [6.45, 7) is 1.85. The van der Waals surface area contributed by atoms with E-state index >= 15 is 0 Å². The van der Waals surface area contributed by atoms with Crippen LogP contribution >= 0.6 is 0 Å². The first kappa shape index (κ1) is 17.2. The molecule has 1 unspecified atom stereocenters. The number of alkyl halides is 2. The zero-order valence-corrected chi connectivity index (χ0v) is 14.1. The van der Waals surface area contributed by atoms with Crippen molar-refractivity contribution >= 4 is 33.4 Å². The van der Waals surface area contributed by atoms with E-state index in [2.05, 4.69) is 10.1 Å². The molecule has 10 heteroatoms. The Bertz CT molecular complexity index is 989. The number of rotatable bonds is 4. The zero-order chi connectivity index (χ0) is 18.3. The maximum atomic E-state index is 14.2. The van der Waals surface area contributed by atoms with Gasteiger partial charge in [-0.3, -0.25) is 9.40 Å². The number of hydrogen-bond donors (Lipinski definition) is 2. The second kappa shape index (κ2) is 6.36. The van der Waals surface area contributed by atoms with Crippen LogP contribution in [0.5, 0.6) is 0 Å². The number of pyridine rings is 1. The second-order valence-corrected chi connectivity index (χ2v) is 6.53. The lowest BCUT2D eigenvalue weighted by Gasteiger charge is -2.08. The minimum absolute atomic E-state index is 0.255. The van der Waals surface area contributed by atoms with Crippen molar-refractivity contribution in [1.82, 2.24) is 14.8 Å². The average molecular weight is 369 g/mol. The summed E-state index contributed by atoms with van der Waals surface area (Å²) in [4.78, 5) is 4.10. The van der Waals surface area contributed by atoms with Crippen LogP contribution in [0.15, 0.2) is 24.4 Å². The third kappa shape index (κ3) is 3.04. The molecule has 0 radical (unpaired) electrons. The van der Waals surface area contributed by atoms with Gasteiger partial charge in [-0.15, -0.1) is 0 Å². The Kier molecular flexibility index (Phi) is 4.38. The van der Waals surface area contributed by atoms with Crippen LogP contribution in [0.1, 0.15) is 5.56 Å². The van der Waals surface area contributed by atoms with Crippen molar-refractivity contribution in [1.29, 1.82) is 0 Å². The number of nitrogens with zero attached hydrogens (tertiary/aromatic N) is 3. The molecule has 0 amide bonds. The number of hydrogen-bond acceptors (Lipinski definition) is 4. The number of benzene rings is 1. The van der Waals surface area contributed by atoms with Crippen LogP contribution in [-0.2, 0) is 18.0 Å². The largest absolute Gasteiger partial charge is 0.383 e. The molecule has 1 atom stereocenters. The molecule has 0 saturated heterocycles. The van der Waals surface area contributed by atoms with E-state index in [9.17, 15) is 17.4 Å². The van der Waals surface area contributed by atoms with Gasteiger partial charge in [0, 0.05) is 18.8 Å². The SMILES string of the molecule is Cc1cnc(N)c2c(-c3ccc(NS(=O)C(F)F)c(F)c3)nn(C)c12. The Labute approximate surface area is 143 Å². The second-order valence-electron chi connectivity index (χ2n) is 5.38. The molecule has 2 aromatic heterocycles. The first-order valence-corrected chi connectivity index (χ1v) is 8.34. The molecule has 0 saturated carbocycles. The monoisotopic (exact) mass is 369 g/mol. The van der Waals surface area contributed by atoms with Gasteiger partial charge in [0.1, 0.15) is 17.3 Å². The lowest BCUT2D eigenvalue weighted by molar-refractivity contribution is 0.244. The highest BCUT2D eigenvalue weighted by Crippen LogP contribution is 2.33. The minimum Gasteiger partial charge on any atom is -0.383 e. The van der Waals surface area contributed by atoms with Crippen LogP contribution < -0.4 is 10.5 Å². The van der Waals surface area contributed by atoms with Crippen LogP contribution in [0.3, 0.4) is 0 Å². The summed E-state index contributed by atoms with van der Waals surface area (Å²) >= 11 is 0. The van der Waals surface area contributed by atoms with Gasteiger partial charge in [-0.25, -0.2) is 13.6 Å². The Morgan fingerprint density at radius 1 is 1.36 bits per heavy atom. The average Bonchev–Trinajstić information content (AvgIpc) is 2.91. The Morgan fingerprint density at radius 2 is 2.08 bits per heavy atom. The highest BCUT2D eigenvalue weighted by Gasteiger charge is 2.19. The Hall–Kier alpha value is -2.62. The summed E-state index contributed by atoms with van der Waals surface area (Å²) in [5, 5.41) is 4.95. The van der Waals surface area contributed by atoms with E-state index < -0.39 is 22.6 Å². The standard InChI is InChI=1S/C15H14F3N5OS/c1-7-6-20-14(19)11-12(21-23(2)13(7)11)8-3-4-10(9(16)5-8)22-25(24)15(17)18/h3-6,15,22H,1-2H3,(H2,19,20). The number of nitrogens with one attached hydrogen (secondary N) is 1. The fraction of sp³-hybridized carbons (Fsp3) is 0.200. The number of fused-ring (bicyclic) bond motifs is 1. The number of halogens is 3. The lowest BCUT2D eigenvalue weighted by Crippen LogP contribution is -2.13. The topological polar surface area (TPSA) is 85.8 Å². The molecule has 0 bridgehead atoms. The van der Waals surface area contributed by atoms with Crippen molar-refractivity contribution in [2.45, 2.75) is 12.7 Å². The molecule has 0 aliphatic rings. The molecule has 3 rings (SSSR count). The highest BCUT2D eigenvalue weighted by atomic mass is 32.2. The fourth-order valence-corrected chi connectivity index (χ4v) is 3.08. The predicted octanol–water partition coefficient (Wildman–Crippen LogP) is 2.96. The number of nitrogens with two attached hydrogens (primary N) is 1. The van der Waals surface area contributed by atoms with E-state index in [1.54, 1.807) is 17.9 Å². The summed E-state index contributed by atoms with van der Waals surface area (Å²) < 4.78 is 53.6. The summed E-state index contributed by atoms with van der Waals surface area (Å²) in [7, 11) is -0.950. The molecule has 132 valence electrons. The number of aromatic nitrogens is 3. The van der Waals surface area contributed by atoms with Crippen LogP contribution in [0.2, 0.25) is 0 Å². The van der Waals surface area contributed by atoms with Crippen molar-refractivity contribution in [2.75, 3.05) is 10.5 Å². The predicted molar refractivity (Wildman–Crippen MR) is 90.8 cm³/mol. The van der Waals surface area contributed by atoms with E-state index in [1.165, 1.54) is 12.1 Å². The van der Waals surface area contributed by atoms with E-state index in [-0.39, 0.29) is 11.5 Å². The maximum absolute atomic E-state index is 14.2. The fourth-order valence-electron chi connectivity index (χ4n) is 2.61. The van der Waals surface area contributed by atoms with Gasteiger partial charge in [-0.05, 0) is 24.6 Å². The quantitative estimate of drug-likeness (QED) is 0.740. The molecule has 25 heavy (non-hydrogen) atoms. The van der Waals surface area contributed by atoms with Gasteiger partial charge in [-0.2, -0.15) is 13.9 Å². The molecule has 3 N–H and O–H groups in total. The van der Waals surface area contributed by atoms with Crippen molar-refractivity contribution < 1.29 is 17.4 Å². The summed E-state index contributed by atoms with van der Waals surface area (Å²) in [6, 6.07) is 3.83. The van der Waals surface area contributed by atoms with E-state index in [4.69, 9.17) is 5.73 Å². The maximum Gasteiger partial charge on any atom is 0.330 e. The molecule has 6 nitrogen and oxygen atoms in total. The van der Waals surface area contributed by atoms with Crippen LogP contribution in [0.4, 0.5) is 24.7 Å². The molecular formula is C15H14F3N5OS. The van der Waals surface area contributed by atoms with Crippen molar-refractivity contribution in [3.63, 3.8) is 0 Å². The summed E-state index contributed by atoms with van der Waals surface area (Å²) in [5.41, 5.74) is 8.11. The molecule has 0 fully saturated rings. The number of nitrogen functional groups attached to an aromatic ring is 1. The van der Waals surface area contributed by atoms with E-state index in [0.717, 1.165) is 17.1 Å². The van der Waals surface area contributed by atoms with Gasteiger partial charge >= 0.3 is 5.76 Å². The summed E-state index contributed by atoms with van der Waals surface area (Å²) in [5.74, 6) is -3.69. The van der Waals surface area contributed by atoms with Crippen LogP contribution in [0, 0.1) is 12.7 Å². The van der Waals surface area contributed by atoms with Gasteiger partial charge in [0.2, 0.25) is 0 Å². The summed E-state index contributed by atoms with van der Waals surface area (Å²) in [6.07, 6.45) is 1.62. The van der Waals surface area contributed by atoms with Crippen molar-refractivity contribution in [3.05, 3.63) is 35.8 Å². The lowest BCUT2D eigenvalue weighted by atomic mass is 10.1. The Balaban J connectivity index is 2.09. The van der Waals surface area contributed by atoms with Crippen molar-refractivity contribution in [2.24, 2.45) is 7.05 Å². The van der Waals surface area contributed by atoms with Crippen LogP contribution in [0.25, 0.3) is 22.2 Å². The molecule has 0 spiro atoms. The molecule has 1 aromatic carbocycles. The minimum atomic E-state index is -3.12. The molecular weight excluding hydrogens is 355 g/mol. The third-order valence-electron chi connectivity index (χ3n) is 3.69. The Morgan fingerprint density at radius 3 is 2.72 bits per heavy atom. The molecule has 0 aliphatic carbocycles. The van der Waals surface area contributed by atoms with Gasteiger partial charge in [-0.1, -0.05) is 6.07 Å².